The first-order valence-electron chi connectivity index (χ1n) is 9.84. The first-order chi connectivity index (χ1) is 13.7. The monoisotopic (exact) mass is 408 g/mol. The standard InChI is InChI=1S/C23H24N2OS2/c1-27-19-6-4-17(5-7-19)21-8-9-22-18-11-16(13-25(22)23(21)26)12-24(14-18)15-20-3-2-10-28-20/h2-10,16,18H,11-15H2,1H3/t16-,18+/m0/s1. The van der Waals surface area contributed by atoms with Crippen molar-refractivity contribution >= 4 is 23.1 Å². The molecule has 2 bridgehead atoms. The fraction of sp³-hybridized carbons (Fsp3) is 0.348. The largest absolute Gasteiger partial charge is 0.311 e. The fourth-order valence-electron chi connectivity index (χ4n) is 4.79. The molecule has 2 aliphatic rings. The van der Waals surface area contributed by atoms with Crippen LogP contribution in [0.4, 0.5) is 0 Å². The molecule has 5 rings (SSSR count). The van der Waals surface area contributed by atoms with Crippen molar-refractivity contribution in [1.82, 2.24) is 9.47 Å². The molecule has 1 fully saturated rings. The molecular formula is C23H24N2OS2. The third-order valence-electron chi connectivity index (χ3n) is 6.04. The SMILES string of the molecule is CSc1ccc(-c2ccc3n(c2=O)C[C@H]2C[C@@H]3CN(Cc3cccs3)C2)cc1. The van der Waals surface area contributed by atoms with Crippen LogP contribution in [0.25, 0.3) is 11.1 Å². The zero-order valence-corrected chi connectivity index (χ0v) is 17.6. The molecule has 4 heterocycles. The molecule has 3 nitrogen and oxygen atoms in total. The minimum atomic E-state index is 0.177. The van der Waals surface area contributed by atoms with Gasteiger partial charge in [-0.25, -0.2) is 0 Å². The topological polar surface area (TPSA) is 25.2 Å². The van der Waals surface area contributed by atoms with E-state index < -0.39 is 0 Å². The minimum absolute atomic E-state index is 0.177. The van der Waals surface area contributed by atoms with Crippen LogP contribution in [0.15, 0.2) is 63.6 Å². The van der Waals surface area contributed by atoms with Gasteiger partial charge in [-0.3, -0.25) is 9.69 Å². The molecular weight excluding hydrogens is 384 g/mol. The lowest BCUT2D eigenvalue weighted by molar-refractivity contribution is 0.115. The number of benzene rings is 1. The maximum Gasteiger partial charge on any atom is 0.258 e. The summed E-state index contributed by atoms with van der Waals surface area (Å²) in [5, 5.41) is 2.15. The molecule has 2 atom stereocenters. The molecule has 1 saturated heterocycles. The number of thiophene rings is 1. The summed E-state index contributed by atoms with van der Waals surface area (Å²) in [6, 6.07) is 16.9. The lowest BCUT2D eigenvalue weighted by atomic mass is 9.82. The van der Waals surface area contributed by atoms with E-state index >= 15 is 0 Å². The number of fused-ring (bicyclic) bond motifs is 4. The molecule has 3 aromatic rings. The van der Waals surface area contributed by atoms with Gasteiger partial charge < -0.3 is 4.57 Å². The van der Waals surface area contributed by atoms with Crippen molar-refractivity contribution in [2.45, 2.75) is 30.3 Å². The van der Waals surface area contributed by atoms with E-state index in [1.807, 2.05) is 17.4 Å². The number of thioether (sulfide) groups is 1. The lowest BCUT2D eigenvalue weighted by Crippen LogP contribution is -2.46. The third kappa shape index (κ3) is 3.36. The highest BCUT2D eigenvalue weighted by Gasteiger charge is 2.35. The highest BCUT2D eigenvalue weighted by molar-refractivity contribution is 7.98. The molecule has 0 aliphatic carbocycles. The average molecular weight is 409 g/mol. The number of aromatic nitrogens is 1. The third-order valence-corrected chi connectivity index (χ3v) is 7.65. The normalized spacial score (nSPS) is 21.5. The van der Waals surface area contributed by atoms with E-state index in [1.165, 1.54) is 21.9 Å². The maximum atomic E-state index is 13.3. The molecule has 2 aliphatic heterocycles. The van der Waals surface area contributed by atoms with E-state index in [4.69, 9.17) is 0 Å². The Morgan fingerprint density at radius 2 is 1.93 bits per heavy atom. The number of likely N-dealkylation sites (tertiary alicyclic amines) is 1. The highest BCUT2D eigenvalue weighted by Crippen LogP contribution is 2.36. The molecule has 144 valence electrons. The van der Waals surface area contributed by atoms with Gasteiger partial charge >= 0.3 is 0 Å². The number of piperidine rings is 1. The maximum absolute atomic E-state index is 13.3. The second-order valence-corrected chi connectivity index (χ2v) is 9.80. The Hall–Kier alpha value is -1.82. The minimum Gasteiger partial charge on any atom is -0.311 e. The summed E-state index contributed by atoms with van der Waals surface area (Å²) in [4.78, 5) is 18.5. The van der Waals surface area contributed by atoms with Gasteiger partial charge in [0.1, 0.15) is 0 Å². The Morgan fingerprint density at radius 3 is 2.68 bits per heavy atom. The van der Waals surface area contributed by atoms with E-state index in [0.717, 1.165) is 37.3 Å². The van der Waals surface area contributed by atoms with Crippen LogP contribution < -0.4 is 5.56 Å². The van der Waals surface area contributed by atoms with Crippen LogP contribution in [0.3, 0.4) is 0 Å². The van der Waals surface area contributed by atoms with Gasteiger partial charge in [0.2, 0.25) is 0 Å². The van der Waals surface area contributed by atoms with Crippen LogP contribution >= 0.6 is 23.1 Å². The molecule has 0 radical (unpaired) electrons. The van der Waals surface area contributed by atoms with Gasteiger partial charge in [-0.15, -0.1) is 23.1 Å². The van der Waals surface area contributed by atoms with Gasteiger partial charge in [-0.2, -0.15) is 0 Å². The Balaban J connectivity index is 1.44. The summed E-state index contributed by atoms with van der Waals surface area (Å²) >= 11 is 3.56. The summed E-state index contributed by atoms with van der Waals surface area (Å²) in [6.07, 6.45) is 3.28. The lowest BCUT2D eigenvalue weighted by Gasteiger charge is -2.42. The number of nitrogens with zero attached hydrogens (tertiary/aromatic N) is 2. The second kappa shape index (κ2) is 7.54. The van der Waals surface area contributed by atoms with Crippen LogP contribution in [0, 0.1) is 5.92 Å². The quantitative estimate of drug-likeness (QED) is 0.573. The number of hydrogen-bond acceptors (Lipinski definition) is 4. The van der Waals surface area contributed by atoms with Crippen molar-refractivity contribution in [3.63, 3.8) is 0 Å². The van der Waals surface area contributed by atoms with Crippen LogP contribution in [0.5, 0.6) is 0 Å². The summed E-state index contributed by atoms with van der Waals surface area (Å²) in [5.41, 5.74) is 3.25. The van der Waals surface area contributed by atoms with Gasteiger partial charge in [0.15, 0.2) is 0 Å². The van der Waals surface area contributed by atoms with Crippen molar-refractivity contribution in [2.75, 3.05) is 19.3 Å². The first-order valence-corrected chi connectivity index (χ1v) is 11.9. The summed E-state index contributed by atoms with van der Waals surface area (Å²) in [7, 11) is 0. The second-order valence-electron chi connectivity index (χ2n) is 7.89. The Morgan fingerprint density at radius 1 is 1.07 bits per heavy atom. The van der Waals surface area contributed by atoms with E-state index in [1.54, 1.807) is 11.8 Å². The molecule has 2 aromatic heterocycles. The molecule has 5 heteroatoms. The number of pyridine rings is 1. The van der Waals surface area contributed by atoms with Crippen LogP contribution in [0.1, 0.15) is 22.9 Å². The van der Waals surface area contributed by atoms with Crippen molar-refractivity contribution < 1.29 is 0 Å². The Labute approximate surface area is 174 Å². The molecule has 0 spiro atoms. The Kier molecular flexibility index (Phi) is 4.91. The van der Waals surface area contributed by atoms with Crippen molar-refractivity contribution in [2.24, 2.45) is 5.92 Å². The molecule has 0 unspecified atom stereocenters. The summed E-state index contributed by atoms with van der Waals surface area (Å²) < 4.78 is 2.07. The summed E-state index contributed by atoms with van der Waals surface area (Å²) in [6.45, 7) is 4.03. The van der Waals surface area contributed by atoms with Gasteiger partial charge in [0.25, 0.3) is 5.56 Å². The number of rotatable bonds is 4. The first kappa shape index (κ1) is 18.2. The highest BCUT2D eigenvalue weighted by atomic mass is 32.2. The van der Waals surface area contributed by atoms with Crippen molar-refractivity contribution in [3.05, 3.63) is 74.8 Å². The van der Waals surface area contributed by atoms with Gasteiger partial charge in [-0.05, 0) is 59.9 Å². The molecule has 1 aromatic carbocycles. The van der Waals surface area contributed by atoms with Crippen LogP contribution in [-0.4, -0.2) is 28.8 Å². The van der Waals surface area contributed by atoms with Gasteiger partial charge in [0.05, 0.1) is 0 Å². The smallest absolute Gasteiger partial charge is 0.258 e. The molecule has 28 heavy (non-hydrogen) atoms. The van der Waals surface area contributed by atoms with Crippen LogP contribution in [-0.2, 0) is 13.1 Å². The average Bonchev–Trinajstić information content (AvgIpc) is 3.22. The van der Waals surface area contributed by atoms with E-state index in [0.29, 0.717) is 11.8 Å². The zero-order valence-electron chi connectivity index (χ0n) is 16.0. The predicted octanol–water partition coefficient (Wildman–Crippen LogP) is 4.92. The van der Waals surface area contributed by atoms with Gasteiger partial charge in [-0.1, -0.05) is 18.2 Å². The number of hydrogen-bond donors (Lipinski definition) is 0. The van der Waals surface area contributed by atoms with E-state index in [9.17, 15) is 4.79 Å². The molecule has 0 saturated carbocycles. The van der Waals surface area contributed by atoms with Crippen LogP contribution in [0.2, 0.25) is 0 Å². The zero-order chi connectivity index (χ0) is 19.1. The van der Waals surface area contributed by atoms with E-state index in [2.05, 4.69) is 63.6 Å². The molecule has 0 amide bonds. The van der Waals surface area contributed by atoms with Crippen molar-refractivity contribution in [3.8, 4) is 11.1 Å². The fourth-order valence-corrected chi connectivity index (χ4v) is 5.94. The molecule has 0 N–H and O–H groups in total. The Bertz CT molecular complexity index is 1020. The van der Waals surface area contributed by atoms with Crippen molar-refractivity contribution in [1.29, 1.82) is 0 Å². The predicted molar refractivity (Wildman–Crippen MR) is 118 cm³/mol. The van der Waals surface area contributed by atoms with E-state index in [-0.39, 0.29) is 5.56 Å². The van der Waals surface area contributed by atoms with Gasteiger partial charge in [0, 0.05) is 53.1 Å². The summed E-state index contributed by atoms with van der Waals surface area (Å²) in [5.74, 6) is 1.03.